The Balaban J connectivity index is 1.80. The molecule has 0 bridgehead atoms. The summed E-state index contributed by atoms with van der Waals surface area (Å²) < 4.78 is 12.8. The summed E-state index contributed by atoms with van der Waals surface area (Å²) >= 11 is 0. The van der Waals surface area contributed by atoms with E-state index in [1.54, 1.807) is 24.3 Å². The van der Waals surface area contributed by atoms with Crippen molar-refractivity contribution < 1.29 is 14.0 Å². The van der Waals surface area contributed by atoms with Gasteiger partial charge in [0, 0.05) is 23.5 Å². The number of amides is 2. The molecule has 0 saturated carbocycles. The van der Waals surface area contributed by atoms with Crippen molar-refractivity contribution in [3.8, 4) is 0 Å². The van der Waals surface area contributed by atoms with E-state index in [4.69, 9.17) is 0 Å². The second kappa shape index (κ2) is 8.67. The van der Waals surface area contributed by atoms with Gasteiger partial charge in [0.25, 0.3) is 0 Å². The van der Waals surface area contributed by atoms with Crippen LogP contribution in [0.4, 0.5) is 21.5 Å². The molecule has 0 heterocycles. The maximum Gasteiger partial charge on any atom is 0.243 e. The van der Waals surface area contributed by atoms with Gasteiger partial charge in [0.05, 0.1) is 6.54 Å². The molecule has 0 aromatic heterocycles. The lowest BCUT2D eigenvalue weighted by molar-refractivity contribution is -0.116. The summed E-state index contributed by atoms with van der Waals surface area (Å²) in [6.07, 6.45) is 1.29. The van der Waals surface area contributed by atoms with Gasteiger partial charge in [0.2, 0.25) is 11.8 Å². The summed E-state index contributed by atoms with van der Waals surface area (Å²) in [5.41, 5.74) is 2.02. The summed E-state index contributed by atoms with van der Waals surface area (Å²) in [5, 5.41) is 8.44. The number of carbonyl (C=O) groups is 2. The second-order valence-electron chi connectivity index (χ2n) is 5.28. The van der Waals surface area contributed by atoms with E-state index in [0.717, 1.165) is 17.8 Å². The standard InChI is InChI=1S/C18H20FN3O2/c1-2-3-17(23)21-16-10-8-14(9-11-16)20-12-18(24)22-15-6-4-13(19)5-7-15/h4-11,20H,2-3,12H2,1H3,(H,21,23)(H,22,24). The SMILES string of the molecule is CCCC(=O)Nc1ccc(NCC(=O)Nc2ccc(F)cc2)cc1. The molecule has 126 valence electrons. The molecule has 2 rings (SSSR count). The Morgan fingerprint density at radius 3 is 1.92 bits per heavy atom. The fourth-order valence-electron chi connectivity index (χ4n) is 2.04. The van der Waals surface area contributed by atoms with Crippen LogP contribution in [-0.2, 0) is 9.59 Å². The van der Waals surface area contributed by atoms with Crippen molar-refractivity contribution in [3.63, 3.8) is 0 Å². The number of halogens is 1. The largest absolute Gasteiger partial charge is 0.376 e. The van der Waals surface area contributed by atoms with E-state index in [2.05, 4.69) is 16.0 Å². The lowest BCUT2D eigenvalue weighted by Gasteiger charge is -2.09. The lowest BCUT2D eigenvalue weighted by Crippen LogP contribution is -2.21. The first-order valence-electron chi connectivity index (χ1n) is 7.76. The zero-order valence-corrected chi connectivity index (χ0v) is 13.4. The smallest absolute Gasteiger partial charge is 0.243 e. The van der Waals surface area contributed by atoms with E-state index in [9.17, 15) is 14.0 Å². The monoisotopic (exact) mass is 329 g/mol. The topological polar surface area (TPSA) is 70.2 Å². The molecule has 2 aromatic carbocycles. The van der Waals surface area contributed by atoms with E-state index in [1.165, 1.54) is 24.3 Å². The molecule has 0 aliphatic rings. The second-order valence-corrected chi connectivity index (χ2v) is 5.28. The average molecular weight is 329 g/mol. The van der Waals surface area contributed by atoms with E-state index in [-0.39, 0.29) is 24.2 Å². The average Bonchev–Trinajstić information content (AvgIpc) is 2.56. The van der Waals surface area contributed by atoms with Crippen molar-refractivity contribution in [1.82, 2.24) is 0 Å². The molecule has 0 spiro atoms. The van der Waals surface area contributed by atoms with Crippen LogP contribution in [0.25, 0.3) is 0 Å². The zero-order valence-electron chi connectivity index (χ0n) is 13.4. The van der Waals surface area contributed by atoms with Crippen LogP contribution in [0, 0.1) is 5.82 Å². The molecule has 0 saturated heterocycles. The van der Waals surface area contributed by atoms with Crippen LogP contribution in [0.15, 0.2) is 48.5 Å². The first-order chi connectivity index (χ1) is 11.6. The Morgan fingerprint density at radius 2 is 1.33 bits per heavy atom. The Morgan fingerprint density at radius 1 is 0.833 bits per heavy atom. The molecule has 2 aromatic rings. The number of rotatable bonds is 7. The Bertz CT molecular complexity index is 684. The summed E-state index contributed by atoms with van der Waals surface area (Å²) in [4.78, 5) is 23.3. The molecule has 0 fully saturated rings. The van der Waals surface area contributed by atoms with Gasteiger partial charge < -0.3 is 16.0 Å². The molecule has 0 atom stereocenters. The molecule has 0 unspecified atom stereocenters. The number of hydrogen-bond acceptors (Lipinski definition) is 3. The molecule has 0 aliphatic carbocycles. The Hall–Kier alpha value is -2.89. The minimum atomic E-state index is -0.350. The highest BCUT2D eigenvalue weighted by Gasteiger charge is 2.04. The highest BCUT2D eigenvalue weighted by atomic mass is 19.1. The van der Waals surface area contributed by atoms with Crippen LogP contribution in [-0.4, -0.2) is 18.4 Å². The van der Waals surface area contributed by atoms with Gasteiger partial charge in [-0.05, 0) is 55.0 Å². The van der Waals surface area contributed by atoms with Crippen molar-refractivity contribution in [2.24, 2.45) is 0 Å². The fraction of sp³-hybridized carbons (Fsp3) is 0.222. The normalized spacial score (nSPS) is 10.1. The molecule has 0 radical (unpaired) electrons. The third kappa shape index (κ3) is 5.72. The summed E-state index contributed by atoms with van der Waals surface area (Å²) in [6, 6.07) is 12.7. The van der Waals surface area contributed by atoms with Crippen LogP contribution in [0.2, 0.25) is 0 Å². The molecular weight excluding hydrogens is 309 g/mol. The number of anilines is 3. The molecule has 5 nitrogen and oxygen atoms in total. The highest BCUT2D eigenvalue weighted by Crippen LogP contribution is 2.14. The summed E-state index contributed by atoms with van der Waals surface area (Å²) in [6.45, 7) is 2.03. The fourth-order valence-corrected chi connectivity index (χ4v) is 2.04. The third-order valence-corrected chi connectivity index (χ3v) is 3.23. The molecule has 2 amide bonds. The van der Waals surface area contributed by atoms with Gasteiger partial charge in [0.1, 0.15) is 5.82 Å². The van der Waals surface area contributed by atoms with Crippen LogP contribution in [0.5, 0.6) is 0 Å². The van der Waals surface area contributed by atoms with E-state index in [1.807, 2.05) is 6.92 Å². The number of carbonyl (C=O) groups excluding carboxylic acids is 2. The van der Waals surface area contributed by atoms with Gasteiger partial charge in [-0.1, -0.05) is 6.92 Å². The number of benzene rings is 2. The predicted molar refractivity (Wildman–Crippen MR) is 93.5 cm³/mol. The molecule has 6 heteroatoms. The quantitative estimate of drug-likeness (QED) is 0.727. The summed E-state index contributed by atoms with van der Waals surface area (Å²) in [7, 11) is 0. The first kappa shape index (κ1) is 17.5. The lowest BCUT2D eigenvalue weighted by atomic mass is 10.2. The maximum atomic E-state index is 12.8. The predicted octanol–water partition coefficient (Wildman–Crippen LogP) is 3.61. The highest BCUT2D eigenvalue weighted by molar-refractivity contribution is 5.94. The van der Waals surface area contributed by atoms with Crippen LogP contribution < -0.4 is 16.0 Å². The number of hydrogen-bond donors (Lipinski definition) is 3. The van der Waals surface area contributed by atoms with Gasteiger partial charge in [-0.25, -0.2) is 4.39 Å². The Labute approximate surface area is 140 Å². The maximum absolute atomic E-state index is 12.8. The van der Waals surface area contributed by atoms with Gasteiger partial charge in [-0.15, -0.1) is 0 Å². The van der Waals surface area contributed by atoms with Gasteiger partial charge in [0.15, 0.2) is 0 Å². The minimum Gasteiger partial charge on any atom is -0.376 e. The van der Waals surface area contributed by atoms with E-state index < -0.39 is 0 Å². The minimum absolute atomic E-state index is 0.0168. The van der Waals surface area contributed by atoms with Gasteiger partial charge >= 0.3 is 0 Å². The van der Waals surface area contributed by atoms with Crippen molar-refractivity contribution >= 4 is 28.9 Å². The van der Waals surface area contributed by atoms with Crippen molar-refractivity contribution in [2.75, 3.05) is 22.5 Å². The van der Waals surface area contributed by atoms with Crippen molar-refractivity contribution in [2.45, 2.75) is 19.8 Å². The van der Waals surface area contributed by atoms with Crippen LogP contribution >= 0.6 is 0 Å². The molecule has 3 N–H and O–H groups in total. The van der Waals surface area contributed by atoms with Crippen molar-refractivity contribution in [3.05, 3.63) is 54.3 Å². The molecule has 24 heavy (non-hydrogen) atoms. The van der Waals surface area contributed by atoms with Gasteiger partial charge in [-0.2, -0.15) is 0 Å². The summed E-state index contributed by atoms with van der Waals surface area (Å²) in [5.74, 6) is -0.601. The third-order valence-electron chi connectivity index (χ3n) is 3.23. The number of nitrogens with one attached hydrogen (secondary N) is 3. The molecular formula is C18H20FN3O2. The molecule has 0 aliphatic heterocycles. The van der Waals surface area contributed by atoms with Crippen molar-refractivity contribution in [1.29, 1.82) is 0 Å². The van der Waals surface area contributed by atoms with E-state index in [0.29, 0.717) is 12.1 Å². The van der Waals surface area contributed by atoms with Crippen LogP contribution in [0.1, 0.15) is 19.8 Å². The Kier molecular flexibility index (Phi) is 6.31. The zero-order chi connectivity index (χ0) is 17.4. The van der Waals surface area contributed by atoms with E-state index >= 15 is 0 Å². The first-order valence-corrected chi connectivity index (χ1v) is 7.76. The van der Waals surface area contributed by atoms with Crippen LogP contribution in [0.3, 0.4) is 0 Å². The van der Waals surface area contributed by atoms with Gasteiger partial charge in [-0.3, -0.25) is 9.59 Å².